The van der Waals surface area contributed by atoms with E-state index in [1.807, 2.05) is 63.2 Å². The average Bonchev–Trinajstić information content (AvgIpc) is 3.28. The topological polar surface area (TPSA) is 93.0 Å². The van der Waals surface area contributed by atoms with Crippen LogP contribution in [0.5, 0.6) is 0 Å². The van der Waals surface area contributed by atoms with E-state index in [1.54, 1.807) is 40.2 Å². The van der Waals surface area contributed by atoms with E-state index in [2.05, 4.69) is 20.6 Å². The molecule has 1 atom stereocenters. The van der Waals surface area contributed by atoms with Gasteiger partial charge in [-0.3, -0.25) is 14.6 Å². The third-order valence-corrected chi connectivity index (χ3v) is 6.62. The highest BCUT2D eigenvalue weighted by Crippen LogP contribution is 2.27. The number of hydrogen-bond acceptors (Lipinski definition) is 5. The number of halogens is 1. The van der Waals surface area contributed by atoms with Crippen molar-refractivity contribution in [2.45, 2.75) is 51.9 Å². The molecule has 0 saturated heterocycles. The van der Waals surface area contributed by atoms with Crippen LogP contribution in [0.3, 0.4) is 0 Å². The predicted molar refractivity (Wildman–Crippen MR) is 139 cm³/mol. The molecule has 0 aliphatic heterocycles. The van der Waals surface area contributed by atoms with E-state index in [-0.39, 0.29) is 24.9 Å². The summed E-state index contributed by atoms with van der Waals surface area (Å²) in [5, 5.41) is 12.0. The summed E-state index contributed by atoms with van der Waals surface area (Å²) in [5.74, 6) is -0.575. The minimum atomic E-state index is -0.905. The van der Waals surface area contributed by atoms with E-state index < -0.39 is 11.6 Å². The summed E-state index contributed by atoms with van der Waals surface area (Å²) in [6, 6.07) is 17.3. The van der Waals surface area contributed by atoms with Gasteiger partial charge in [0.15, 0.2) is 0 Å². The summed E-state index contributed by atoms with van der Waals surface area (Å²) in [6.07, 6.45) is 3.96. The SMILES string of the molecule is CCC(C)(C)NC(=O)C(c1ccncc1)N(Cc1ccccc1Cl)C(=O)Cn1nnc2ccccc21. The molecule has 2 heterocycles. The van der Waals surface area contributed by atoms with Gasteiger partial charge in [0, 0.05) is 29.5 Å². The molecule has 2 aromatic carbocycles. The second-order valence-electron chi connectivity index (χ2n) is 9.26. The monoisotopic (exact) mass is 504 g/mol. The Bertz CT molecular complexity index is 1350. The minimum Gasteiger partial charge on any atom is -0.349 e. The van der Waals surface area contributed by atoms with E-state index in [9.17, 15) is 9.59 Å². The number of rotatable bonds is 9. The Morgan fingerprint density at radius 3 is 2.47 bits per heavy atom. The van der Waals surface area contributed by atoms with Gasteiger partial charge in [-0.1, -0.05) is 54.1 Å². The van der Waals surface area contributed by atoms with Crippen LogP contribution in [0.4, 0.5) is 0 Å². The maximum Gasteiger partial charge on any atom is 0.247 e. The number of nitrogens with one attached hydrogen (secondary N) is 1. The first-order valence-corrected chi connectivity index (χ1v) is 12.2. The molecule has 1 unspecified atom stereocenters. The normalized spacial score (nSPS) is 12.3. The Morgan fingerprint density at radius 1 is 1.06 bits per heavy atom. The standard InChI is InChI=1S/C27H29ClN6O2/c1-4-27(2,3)30-26(36)25(19-13-15-29-16-14-19)33(17-20-9-5-6-10-21(20)28)24(35)18-34-23-12-8-7-11-22(23)31-32-34/h5-16,25H,4,17-18H2,1-3H3,(H,30,36). The van der Waals surface area contributed by atoms with E-state index in [4.69, 9.17) is 11.6 Å². The molecule has 4 aromatic rings. The van der Waals surface area contributed by atoms with Gasteiger partial charge in [-0.25, -0.2) is 4.68 Å². The van der Waals surface area contributed by atoms with Gasteiger partial charge in [0.25, 0.3) is 0 Å². The second kappa shape index (κ2) is 10.9. The number of para-hydroxylation sites is 1. The van der Waals surface area contributed by atoms with Gasteiger partial charge in [-0.2, -0.15) is 0 Å². The molecule has 36 heavy (non-hydrogen) atoms. The first kappa shape index (κ1) is 25.3. The van der Waals surface area contributed by atoms with Crippen molar-refractivity contribution >= 4 is 34.4 Å². The average molecular weight is 505 g/mol. The molecule has 1 N–H and O–H groups in total. The van der Waals surface area contributed by atoms with Gasteiger partial charge in [0.1, 0.15) is 18.1 Å². The number of carbonyl (C=O) groups excluding carboxylic acids is 2. The molecule has 0 radical (unpaired) electrons. The number of hydrogen-bond donors (Lipinski definition) is 1. The molecule has 0 fully saturated rings. The van der Waals surface area contributed by atoms with Crippen molar-refractivity contribution in [3.63, 3.8) is 0 Å². The summed E-state index contributed by atoms with van der Waals surface area (Å²) in [6.45, 7) is 5.96. The number of carbonyl (C=O) groups is 2. The van der Waals surface area contributed by atoms with E-state index >= 15 is 0 Å². The highest BCUT2D eigenvalue weighted by molar-refractivity contribution is 6.31. The maximum atomic E-state index is 13.9. The third-order valence-electron chi connectivity index (χ3n) is 6.25. The molecule has 4 rings (SSSR count). The molecule has 0 aliphatic rings. The lowest BCUT2D eigenvalue weighted by molar-refractivity contribution is -0.143. The molecule has 2 aromatic heterocycles. The summed E-state index contributed by atoms with van der Waals surface area (Å²) in [5.41, 5.74) is 2.36. The molecule has 9 heteroatoms. The van der Waals surface area contributed by atoms with Crippen LogP contribution in [-0.4, -0.2) is 42.2 Å². The lowest BCUT2D eigenvalue weighted by atomic mass is 9.98. The Labute approximate surface area is 215 Å². The zero-order valence-electron chi connectivity index (χ0n) is 20.6. The van der Waals surface area contributed by atoms with Crippen molar-refractivity contribution in [1.82, 2.24) is 30.2 Å². The highest BCUT2D eigenvalue weighted by atomic mass is 35.5. The summed E-state index contributed by atoms with van der Waals surface area (Å²) in [7, 11) is 0. The van der Waals surface area contributed by atoms with Gasteiger partial charge in [-0.15, -0.1) is 5.10 Å². The fourth-order valence-electron chi connectivity index (χ4n) is 3.90. The lowest BCUT2D eigenvalue weighted by Gasteiger charge is -2.34. The van der Waals surface area contributed by atoms with Gasteiger partial charge < -0.3 is 10.2 Å². The molecule has 8 nitrogen and oxygen atoms in total. The van der Waals surface area contributed by atoms with E-state index in [0.717, 1.165) is 17.5 Å². The van der Waals surface area contributed by atoms with E-state index in [1.165, 1.54) is 0 Å². The van der Waals surface area contributed by atoms with Crippen molar-refractivity contribution in [2.75, 3.05) is 0 Å². The van der Waals surface area contributed by atoms with Crippen LogP contribution in [-0.2, 0) is 22.7 Å². The predicted octanol–water partition coefficient (Wildman–Crippen LogP) is 4.55. The van der Waals surface area contributed by atoms with Crippen molar-refractivity contribution < 1.29 is 9.59 Å². The van der Waals surface area contributed by atoms with Crippen LogP contribution in [0.25, 0.3) is 11.0 Å². The Balaban J connectivity index is 1.76. The van der Waals surface area contributed by atoms with Crippen LogP contribution >= 0.6 is 11.6 Å². The van der Waals surface area contributed by atoms with Crippen molar-refractivity contribution in [3.8, 4) is 0 Å². The first-order valence-electron chi connectivity index (χ1n) is 11.8. The molecule has 2 amide bonds. The van der Waals surface area contributed by atoms with Crippen molar-refractivity contribution in [2.24, 2.45) is 0 Å². The van der Waals surface area contributed by atoms with Crippen LogP contribution in [0, 0.1) is 0 Å². The first-order chi connectivity index (χ1) is 17.3. The quantitative estimate of drug-likeness (QED) is 0.361. The smallest absolute Gasteiger partial charge is 0.247 e. The molecule has 0 aliphatic carbocycles. The van der Waals surface area contributed by atoms with Crippen molar-refractivity contribution in [1.29, 1.82) is 0 Å². The summed E-state index contributed by atoms with van der Waals surface area (Å²) in [4.78, 5) is 33.3. The number of pyridine rings is 1. The molecule has 0 bridgehead atoms. The molecule has 0 saturated carbocycles. The van der Waals surface area contributed by atoms with Crippen LogP contribution in [0.1, 0.15) is 44.4 Å². The second-order valence-corrected chi connectivity index (χ2v) is 9.67. The molecular weight excluding hydrogens is 476 g/mol. The fourth-order valence-corrected chi connectivity index (χ4v) is 4.09. The molecule has 0 spiro atoms. The van der Waals surface area contributed by atoms with Crippen LogP contribution < -0.4 is 5.32 Å². The van der Waals surface area contributed by atoms with Crippen molar-refractivity contribution in [3.05, 3.63) is 89.2 Å². The summed E-state index contributed by atoms with van der Waals surface area (Å²) < 4.78 is 1.55. The summed E-state index contributed by atoms with van der Waals surface area (Å²) >= 11 is 6.48. The minimum absolute atomic E-state index is 0.0863. The number of nitrogens with zero attached hydrogens (tertiary/aromatic N) is 5. The maximum absolute atomic E-state index is 13.9. The Morgan fingerprint density at radius 2 is 1.75 bits per heavy atom. The Kier molecular flexibility index (Phi) is 7.64. The highest BCUT2D eigenvalue weighted by Gasteiger charge is 2.34. The lowest BCUT2D eigenvalue weighted by Crippen LogP contribution is -2.50. The fraction of sp³-hybridized carbons (Fsp3) is 0.296. The van der Waals surface area contributed by atoms with Crippen LogP contribution in [0.2, 0.25) is 5.02 Å². The number of aromatic nitrogens is 4. The largest absolute Gasteiger partial charge is 0.349 e. The number of amides is 2. The van der Waals surface area contributed by atoms with Gasteiger partial charge in [0.2, 0.25) is 11.8 Å². The zero-order chi connectivity index (χ0) is 25.7. The van der Waals surface area contributed by atoms with Crippen LogP contribution in [0.15, 0.2) is 73.1 Å². The van der Waals surface area contributed by atoms with Gasteiger partial charge in [0.05, 0.1) is 5.52 Å². The van der Waals surface area contributed by atoms with Gasteiger partial charge >= 0.3 is 0 Å². The zero-order valence-corrected chi connectivity index (χ0v) is 21.3. The molecular formula is C27H29ClN6O2. The third kappa shape index (κ3) is 5.71. The Hall–Kier alpha value is -3.78. The number of benzene rings is 2. The van der Waals surface area contributed by atoms with Gasteiger partial charge in [-0.05, 0) is 61.7 Å². The van der Waals surface area contributed by atoms with E-state index in [0.29, 0.717) is 16.1 Å². The number of fused-ring (bicyclic) bond motifs is 1. The molecule has 186 valence electrons.